The summed E-state index contributed by atoms with van der Waals surface area (Å²) in [6, 6.07) is -0.616. The smallest absolute Gasteiger partial charge is 0.347 e. The number of carbonyl (C=O) groups is 2. The molecule has 0 aliphatic heterocycles. The molecule has 1 heterocycles. The first kappa shape index (κ1) is 13.6. The Balaban J connectivity index is 2.50. The second kappa shape index (κ2) is 5.74. The third kappa shape index (κ3) is 3.79. The van der Waals surface area contributed by atoms with Crippen molar-refractivity contribution < 1.29 is 19.8 Å². The van der Waals surface area contributed by atoms with Crippen LogP contribution in [0.2, 0.25) is 0 Å². The van der Waals surface area contributed by atoms with Crippen LogP contribution in [0.5, 0.6) is 0 Å². The van der Waals surface area contributed by atoms with Gasteiger partial charge in [0.05, 0.1) is 10.7 Å². The average molecular weight is 258 g/mol. The van der Waals surface area contributed by atoms with E-state index in [1.165, 1.54) is 0 Å². The number of hydrogen-bond donors (Lipinski definition) is 3. The van der Waals surface area contributed by atoms with Gasteiger partial charge >= 0.3 is 11.9 Å². The average Bonchev–Trinajstić information content (AvgIpc) is 2.59. The summed E-state index contributed by atoms with van der Waals surface area (Å²) in [6.45, 7) is 3.66. The molecule has 1 aromatic heterocycles. The van der Waals surface area contributed by atoms with E-state index in [9.17, 15) is 9.59 Å². The van der Waals surface area contributed by atoms with E-state index in [0.717, 1.165) is 11.3 Å². The molecule has 0 aliphatic rings. The van der Waals surface area contributed by atoms with Gasteiger partial charge in [-0.15, -0.1) is 11.3 Å². The van der Waals surface area contributed by atoms with Crippen molar-refractivity contribution in [2.45, 2.75) is 26.3 Å². The van der Waals surface area contributed by atoms with E-state index in [4.69, 9.17) is 10.2 Å². The van der Waals surface area contributed by atoms with Crippen molar-refractivity contribution in [3.05, 3.63) is 15.6 Å². The van der Waals surface area contributed by atoms with Gasteiger partial charge in [0.1, 0.15) is 10.9 Å². The number of thiazole rings is 1. The van der Waals surface area contributed by atoms with Crippen LogP contribution in [-0.2, 0) is 11.2 Å². The number of nitrogens with one attached hydrogen (secondary N) is 1. The fraction of sp³-hybridized carbons (Fsp3) is 0.500. The van der Waals surface area contributed by atoms with Gasteiger partial charge in [0.15, 0.2) is 0 Å². The number of aliphatic carboxylic acids is 1. The third-order valence-corrected chi connectivity index (χ3v) is 3.40. The second-order valence-electron chi connectivity index (χ2n) is 3.59. The van der Waals surface area contributed by atoms with E-state index in [-0.39, 0.29) is 4.88 Å². The Bertz CT molecular complexity index is 430. The Kier molecular flexibility index (Phi) is 4.59. The van der Waals surface area contributed by atoms with Crippen LogP contribution in [0.4, 0.5) is 0 Å². The highest BCUT2D eigenvalue weighted by atomic mass is 32.1. The van der Waals surface area contributed by atoms with Gasteiger partial charge in [-0.05, 0) is 13.8 Å². The molecule has 0 radical (unpaired) electrons. The predicted octanol–water partition coefficient (Wildman–Crippen LogP) is 0.755. The Morgan fingerprint density at radius 3 is 2.59 bits per heavy atom. The molecule has 0 spiro atoms. The molecule has 0 saturated heterocycles. The maximum Gasteiger partial charge on any atom is 0.347 e. The number of hydrogen-bond acceptors (Lipinski definition) is 5. The minimum absolute atomic E-state index is 0.242. The lowest BCUT2D eigenvalue weighted by Gasteiger charge is -2.06. The van der Waals surface area contributed by atoms with Crippen molar-refractivity contribution in [3.63, 3.8) is 0 Å². The predicted molar refractivity (Wildman–Crippen MR) is 62.6 cm³/mol. The minimum Gasteiger partial charge on any atom is -0.480 e. The highest BCUT2D eigenvalue weighted by Crippen LogP contribution is 2.18. The molecular weight excluding hydrogens is 244 g/mol. The first-order valence-corrected chi connectivity index (χ1v) is 5.89. The Labute approximate surface area is 102 Å². The van der Waals surface area contributed by atoms with Crippen molar-refractivity contribution in [2.75, 3.05) is 6.54 Å². The van der Waals surface area contributed by atoms with Crippen LogP contribution in [0.15, 0.2) is 0 Å². The van der Waals surface area contributed by atoms with E-state index in [1.54, 1.807) is 13.8 Å². The Morgan fingerprint density at radius 2 is 2.12 bits per heavy atom. The highest BCUT2D eigenvalue weighted by molar-refractivity contribution is 7.13. The first-order chi connectivity index (χ1) is 7.91. The van der Waals surface area contributed by atoms with Gasteiger partial charge in [0.25, 0.3) is 0 Å². The second-order valence-corrected chi connectivity index (χ2v) is 4.67. The standard InChI is InChI=1S/C10H14N2O4S/c1-5-8(10(15)16)17-7(12-5)3-4-11-6(2)9(13)14/h6,11H,3-4H2,1-2H3,(H,13,14)(H,15,16). The van der Waals surface area contributed by atoms with Gasteiger partial charge in [-0.3, -0.25) is 4.79 Å². The summed E-state index contributed by atoms with van der Waals surface area (Å²) in [7, 11) is 0. The van der Waals surface area contributed by atoms with Crippen molar-refractivity contribution in [1.29, 1.82) is 0 Å². The fourth-order valence-electron chi connectivity index (χ4n) is 1.24. The lowest BCUT2D eigenvalue weighted by molar-refractivity contribution is -0.138. The van der Waals surface area contributed by atoms with E-state index >= 15 is 0 Å². The topological polar surface area (TPSA) is 99.5 Å². The van der Waals surface area contributed by atoms with Gasteiger partial charge < -0.3 is 15.5 Å². The monoisotopic (exact) mass is 258 g/mol. The van der Waals surface area contributed by atoms with Crippen molar-refractivity contribution in [2.24, 2.45) is 0 Å². The molecule has 0 amide bonds. The zero-order chi connectivity index (χ0) is 13.0. The molecule has 0 fully saturated rings. The van der Waals surface area contributed by atoms with E-state index in [2.05, 4.69) is 10.3 Å². The van der Waals surface area contributed by atoms with Crippen LogP contribution < -0.4 is 5.32 Å². The summed E-state index contributed by atoms with van der Waals surface area (Å²) >= 11 is 1.13. The molecule has 17 heavy (non-hydrogen) atoms. The maximum atomic E-state index is 10.8. The largest absolute Gasteiger partial charge is 0.480 e. The minimum atomic E-state index is -0.974. The summed E-state index contributed by atoms with van der Waals surface area (Å²) in [5.41, 5.74) is 0.504. The number of aromatic carboxylic acids is 1. The van der Waals surface area contributed by atoms with Gasteiger partial charge in [-0.1, -0.05) is 0 Å². The molecule has 7 heteroatoms. The van der Waals surface area contributed by atoms with Crippen LogP contribution in [-0.4, -0.2) is 39.7 Å². The van der Waals surface area contributed by atoms with Crippen molar-refractivity contribution in [1.82, 2.24) is 10.3 Å². The third-order valence-electron chi connectivity index (χ3n) is 2.19. The molecule has 0 bridgehead atoms. The molecule has 1 unspecified atom stereocenters. The SMILES string of the molecule is Cc1nc(CCNC(C)C(=O)O)sc1C(=O)O. The summed E-state index contributed by atoms with van der Waals surface area (Å²) in [6.07, 6.45) is 0.524. The normalized spacial score (nSPS) is 12.4. The first-order valence-electron chi connectivity index (χ1n) is 5.07. The summed E-state index contributed by atoms with van der Waals surface area (Å²) < 4.78 is 0. The molecule has 94 valence electrons. The van der Waals surface area contributed by atoms with Crippen molar-refractivity contribution >= 4 is 23.3 Å². The van der Waals surface area contributed by atoms with E-state index < -0.39 is 18.0 Å². The highest BCUT2D eigenvalue weighted by Gasteiger charge is 2.14. The summed E-state index contributed by atoms with van der Waals surface area (Å²) in [5.74, 6) is -1.88. The number of nitrogens with zero attached hydrogens (tertiary/aromatic N) is 1. The van der Waals surface area contributed by atoms with Crippen LogP contribution in [0.25, 0.3) is 0 Å². The van der Waals surface area contributed by atoms with Crippen LogP contribution >= 0.6 is 11.3 Å². The van der Waals surface area contributed by atoms with E-state index in [0.29, 0.717) is 23.7 Å². The lowest BCUT2D eigenvalue weighted by Crippen LogP contribution is -2.34. The maximum absolute atomic E-state index is 10.8. The van der Waals surface area contributed by atoms with Crippen LogP contribution in [0, 0.1) is 6.92 Å². The molecule has 1 aromatic rings. The molecule has 0 aliphatic carbocycles. The number of carboxylic acid groups (broad SMARTS) is 2. The summed E-state index contributed by atoms with van der Waals surface area (Å²) in [5, 5.41) is 21.0. The Morgan fingerprint density at radius 1 is 1.47 bits per heavy atom. The molecule has 6 nitrogen and oxygen atoms in total. The number of carboxylic acids is 2. The number of aryl methyl sites for hydroxylation is 1. The zero-order valence-corrected chi connectivity index (χ0v) is 10.4. The molecule has 1 rings (SSSR count). The van der Waals surface area contributed by atoms with Crippen LogP contribution in [0.1, 0.15) is 27.3 Å². The Hall–Kier alpha value is -1.47. The lowest BCUT2D eigenvalue weighted by atomic mass is 10.3. The molecule has 1 atom stereocenters. The number of rotatable bonds is 6. The fourth-order valence-corrected chi connectivity index (χ4v) is 2.14. The number of aromatic nitrogens is 1. The van der Waals surface area contributed by atoms with Crippen LogP contribution in [0.3, 0.4) is 0 Å². The van der Waals surface area contributed by atoms with Gasteiger partial charge in [-0.2, -0.15) is 0 Å². The summed E-state index contributed by atoms with van der Waals surface area (Å²) in [4.78, 5) is 25.7. The van der Waals surface area contributed by atoms with E-state index in [1.807, 2.05) is 0 Å². The quantitative estimate of drug-likeness (QED) is 0.696. The van der Waals surface area contributed by atoms with Crippen molar-refractivity contribution in [3.8, 4) is 0 Å². The van der Waals surface area contributed by atoms with Gasteiger partial charge in [0, 0.05) is 13.0 Å². The molecule has 0 saturated carbocycles. The molecular formula is C10H14N2O4S. The van der Waals surface area contributed by atoms with Gasteiger partial charge in [0.2, 0.25) is 0 Å². The zero-order valence-electron chi connectivity index (χ0n) is 9.56. The molecule has 0 aromatic carbocycles. The van der Waals surface area contributed by atoms with Gasteiger partial charge in [-0.25, -0.2) is 9.78 Å². The molecule has 3 N–H and O–H groups in total.